The lowest BCUT2D eigenvalue weighted by Gasteiger charge is -2.10. The Morgan fingerprint density at radius 2 is 2.11 bits per heavy atom. The summed E-state index contributed by atoms with van der Waals surface area (Å²) in [6.07, 6.45) is 3.99. The van der Waals surface area contributed by atoms with E-state index in [0.29, 0.717) is 5.57 Å². The van der Waals surface area contributed by atoms with Crippen LogP contribution in [0.1, 0.15) is 18.1 Å². The lowest BCUT2D eigenvalue weighted by atomic mass is 10.1. The highest BCUT2D eigenvalue weighted by atomic mass is 16.5. The molecule has 1 aromatic rings. The van der Waals surface area contributed by atoms with Crippen LogP contribution in [-0.2, 0) is 6.42 Å². The van der Waals surface area contributed by atoms with Gasteiger partial charge in [0.2, 0.25) is 0 Å². The molecule has 2 heteroatoms. The van der Waals surface area contributed by atoms with Gasteiger partial charge in [-0.15, -0.1) is 0 Å². The zero-order valence-corrected chi connectivity index (χ0v) is 11.1. The van der Waals surface area contributed by atoms with Crippen LogP contribution in [0.4, 0.5) is 0 Å². The van der Waals surface area contributed by atoms with Gasteiger partial charge in [0, 0.05) is 5.57 Å². The molecule has 0 heterocycles. The Morgan fingerprint density at radius 3 is 2.72 bits per heavy atom. The predicted octanol–water partition coefficient (Wildman–Crippen LogP) is 4.12. The monoisotopic (exact) mass is 244 g/mol. The smallest absolute Gasteiger partial charge is 0.121 e. The van der Waals surface area contributed by atoms with Crippen LogP contribution in [0.5, 0.6) is 5.75 Å². The van der Waals surface area contributed by atoms with Crippen LogP contribution in [0.25, 0.3) is 0 Å². The summed E-state index contributed by atoms with van der Waals surface area (Å²) in [7, 11) is 0. The second-order valence-corrected chi connectivity index (χ2v) is 4.19. The molecule has 1 rings (SSSR count). The fraction of sp³-hybridized carbons (Fsp3) is 0.250. The Labute approximate surface area is 109 Å². The minimum absolute atomic E-state index is 0.105. The fourth-order valence-corrected chi connectivity index (χ4v) is 1.59. The number of aryl methyl sites for hydroxylation is 2. The number of allylic oxidation sites excluding steroid dienone is 2. The third-order valence-corrected chi connectivity index (χ3v) is 2.57. The molecule has 1 N–H and O–H groups in total. The molecule has 0 aliphatic carbocycles. The Balaban J connectivity index is 2.69. The van der Waals surface area contributed by atoms with Crippen molar-refractivity contribution in [2.45, 2.75) is 20.3 Å². The average molecular weight is 244 g/mol. The summed E-state index contributed by atoms with van der Waals surface area (Å²) in [6, 6.07) is 6.12. The average Bonchev–Trinajstić information content (AvgIpc) is 2.35. The van der Waals surface area contributed by atoms with Crippen molar-refractivity contribution in [3.05, 3.63) is 66.0 Å². The molecule has 0 radical (unpaired) electrons. The summed E-state index contributed by atoms with van der Waals surface area (Å²) in [5.41, 5.74) is 2.94. The normalized spacial score (nSPS) is 11.1. The molecule has 0 bridgehead atoms. The maximum Gasteiger partial charge on any atom is 0.121 e. The van der Waals surface area contributed by atoms with E-state index in [1.165, 1.54) is 23.3 Å². The molecule has 0 spiro atoms. The topological polar surface area (TPSA) is 29.5 Å². The van der Waals surface area contributed by atoms with Gasteiger partial charge in [0.25, 0.3) is 0 Å². The molecule has 0 aliphatic rings. The van der Waals surface area contributed by atoms with E-state index in [-0.39, 0.29) is 12.4 Å². The maximum absolute atomic E-state index is 9.56. The summed E-state index contributed by atoms with van der Waals surface area (Å²) in [6.45, 7) is 11.7. The zero-order chi connectivity index (χ0) is 13.5. The summed E-state index contributed by atoms with van der Waals surface area (Å²) in [5, 5.41) is 9.56. The Hall–Kier alpha value is -1.96. The number of ether oxygens (including phenoxy) is 1. The second-order valence-electron chi connectivity index (χ2n) is 4.19. The molecule has 0 amide bonds. The van der Waals surface area contributed by atoms with Gasteiger partial charge in [-0.05, 0) is 42.7 Å². The van der Waals surface area contributed by atoms with Gasteiger partial charge >= 0.3 is 0 Å². The predicted molar refractivity (Wildman–Crippen MR) is 76.1 cm³/mol. The van der Waals surface area contributed by atoms with Crippen molar-refractivity contribution in [3.8, 4) is 5.75 Å². The minimum Gasteiger partial charge on any atom is -0.508 e. The van der Waals surface area contributed by atoms with E-state index in [4.69, 9.17) is 4.74 Å². The van der Waals surface area contributed by atoms with Crippen molar-refractivity contribution < 1.29 is 9.84 Å². The molecule has 0 unspecified atom stereocenters. The van der Waals surface area contributed by atoms with Crippen molar-refractivity contribution in [3.63, 3.8) is 0 Å². The molecule has 1 aromatic carbocycles. The SMILES string of the molecule is C=C/C=C(/O)C(=C)COc1cc(C)cc(CC)c1. The molecule has 0 atom stereocenters. The van der Waals surface area contributed by atoms with E-state index in [9.17, 15) is 5.11 Å². The molecule has 18 heavy (non-hydrogen) atoms. The van der Waals surface area contributed by atoms with Crippen LogP contribution in [0.15, 0.2) is 54.8 Å². The molecular weight excluding hydrogens is 224 g/mol. The van der Waals surface area contributed by atoms with Crippen molar-refractivity contribution in [2.24, 2.45) is 0 Å². The maximum atomic E-state index is 9.56. The number of hydrogen-bond acceptors (Lipinski definition) is 2. The zero-order valence-electron chi connectivity index (χ0n) is 11.1. The van der Waals surface area contributed by atoms with E-state index >= 15 is 0 Å². The Morgan fingerprint density at radius 1 is 1.39 bits per heavy atom. The molecule has 0 aromatic heterocycles. The van der Waals surface area contributed by atoms with Gasteiger partial charge < -0.3 is 9.84 Å². The third kappa shape index (κ3) is 4.13. The van der Waals surface area contributed by atoms with Gasteiger partial charge in [-0.1, -0.05) is 32.2 Å². The van der Waals surface area contributed by atoms with Crippen LogP contribution in [0, 0.1) is 6.92 Å². The minimum atomic E-state index is 0.105. The van der Waals surface area contributed by atoms with Gasteiger partial charge in [0.1, 0.15) is 18.1 Å². The first-order valence-electron chi connectivity index (χ1n) is 6.00. The number of aliphatic hydroxyl groups is 1. The first-order chi connectivity index (χ1) is 8.56. The summed E-state index contributed by atoms with van der Waals surface area (Å²) < 4.78 is 5.62. The van der Waals surface area contributed by atoms with Crippen LogP contribution in [-0.4, -0.2) is 11.7 Å². The first-order valence-corrected chi connectivity index (χ1v) is 6.00. The third-order valence-electron chi connectivity index (χ3n) is 2.57. The van der Waals surface area contributed by atoms with Crippen LogP contribution < -0.4 is 4.74 Å². The van der Waals surface area contributed by atoms with Gasteiger partial charge in [0.15, 0.2) is 0 Å². The second kappa shape index (κ2) is 6.70. The van der Waals surface area contributed by atoms with E-state index in [0.717, 1.165) is 12.2 Å². The lowest BCUT2D eigenvalue weighted by molar-refractivity contribution is 0.332. The van der Waals surface area contributed by atoms with E-state index in [1.807, 2.05) is 19.1 Å². The summed E-state index contributed by atoms with van der Waals surface area (Å²) >= 11 is 0. The molecule has 0 fully saturated rings. The van der Waals surface area contributed by atoms with Gasteiger partial charge in [-0.2, -0.15) is 0 Å². The summed E-state index contributed by atoms with van der Waals surface area (Å²) in [4.78, 5) is 0. The quantitative estimate of drug-likeness (QED) is 0.602. The standard InChI is InChI=1S/C16H20O2/c1-5-7-16(17)13(4)11-18-15-9-12(3)8-14(6-2)10-15/h5,7-10,17H,1,4,6,11H2,2-3H3/b16-7+. The highest BCUT2D eigenvalue weighted by molar-refractivity contribution is 5.34. The molecule has 0 aliphatic heterocycles. The largest absolute Gasteiger partial charge is 0.508 e. The van der Waals surface area contributed by atoms with Gasteiger partial charge in [-0.3, -0.25) is 0 Å². The van der Waals surface area contributed by atoms with Crippen molar-refractivity contribution in [1.29, 1.82) is 0 Å². The van der Waals surface area contributed by atoms with E-state index in [1.54, 1.807) is 0 Å². The van der Waals surface area contributed by atoms with Crippen LogP contribution in [0.3, 0.4) is 0 Å². The first kappa shape index (κ1) is 14.1. The van der Waals surface area contributed by atoms with Crippen molar-refractivity contribution >= 4 is 0 Å². The number of rotatable bonds is 6. The van der Waals surface area contributed by atoms with Crippen molar-refractivity contribution in [2.75, 3.05) is 6.61 Å². The number of benzene rings is 1. The van der Waals surface area contributed by atoms with Gasteiger partial charge in [0.05, 0.1) is 0 Å². The van der Waals surface area contributed by atoms with E-state index < -0.39 is 0 Å². The summed E-state index contributed by atoms with van der Waals surface area (Å²) in [5.74, 6) is 0.910. The lowest BCUT2D eigenvalue weighted by Crippen LogP contribution is -2.03. The molecule has 2 nitrogen and oxygen atoms in total. The highest BCUT2D eigenvalue weighted by Crippen LogP contribution is 2.18. The fourth-order valence-electron chi connectivity index (χ4n) is 1.59. The molecule has 0 saturated heterocycles. The Bertz CT molecular complexity index is 470. The highest BCUT2D eigenvalue weighted by Gasteiger charge is 2.03. The van der Waals surface area contributed by atoms with Crippen LogP contribution in [0.2, 0.25) is 0 Å². The molecule has 96 valence electrons. The van der Waals surface area contributed by atoms with E-state index in [2.05, 4.69) is 26.1 Å². The number of aliphatic hydroxyl groups excluding tert-OH is 1. The van der Waals surface area contributed by atoms with Gasteiger partial charge in [-0.25, -0.2) is 0 Å². The Kier molecular flexibility index (Phi) is 5.25. The van der Waals surface area contributed by atoms with Crippen LogP contribution >= 0.6 is 0 Å². The van der Waals surface area contributed by atoms with Crippen molar-refractivity contribution in [1.82, 2.24) is 0 Å². The number of hydrogen-bond donors (Lipinski definition) is 1. The molecular formula is C16H20O2. The molecule has 0 saturated carbocycles.